The summed E-state index contributed by atoms with van der Waals surface area (Å²) in [5.41, 5.74) is 10.8. The normalized spacial score (nSPS) is 11.9. The van der Waals surface area contributed by atoms with Crippen LogP contribution < -0.4 is 0 Å². The maximum absolute atomic E-state index is 5.38. The molecule has 0 N–H and O–H groups in total. The van der Waals surface area contributed by atoms with Crippen LogP contribution >= 0.6 is 0 Å². The molecule has 0 saturated carbocycles. The van der Waals surface area contributed by atoms with E-state index >= 15 is 0 Å². The summed E-state index contributed by atoms with van der Waals surface area (Å²) in [6.07, 6.45) is 0. The van der Waals surface area contributed by atoms with Crippen LogP contribution in [0.25, 0.3) is 106 Å². The molecule has 0 spiro atoms. The zero-order valence-electron chi connectivity index (χ0n) is 30.7. The number of fused-ring (bicyclic) bond motifs is 9. The second kappa shape index (κ2) is 12.3. The zero-order chi connectivity index (χ0) is 37.5. The SMILES string of the molecule is c1cc(-c2cc(-n3c4ccccc4c4ccccc43)cc(-c3cccc(-n4c5ccccc5c5ccccc54)n3)n2)nc(-n2c3ccccc3c3ccccc32)c1. The summed E-state index contributed by atoms with van der Waals surface area (Å²) in [5, 5.41) is 7.19. The van der Waals surface area contributed by atoms with E-state index in [-0.39, 0.29) is 0 Å². The predicted molar refractivity (Wildman–Crippen MR) is 234 cm³/mol. The topological polar surface area (TPSA) is 53.5 Å². The highest BCUT2D eigenvalue weighted by Crippen LogP contribution is 2.37. The Morgan fingerprint density at radius 2 is 0.544 bits per heavy atom. The predicted octanol–water partition coefficient (Wildman–Crippen LogP) is 12.5. The van der Waals surface area contributed by atoms with Crippen molar-refractivity contribution in [2.45, 2.75) is 0 Å². The molecule has 0 aliphatic carbocycles. The van der Waals surface area contributed by atoms with Gasteiger partial charge in [-0.3, -0.25) is 9.13 Å². The number of pyridine rings is 3. The third-order valence-corrected chi connectivity index (χ3v) is 11.3. The van der Waals surface area contributed by atoms with Crippen molar-refractivity contribution in [3.63, 3.8) is 0 Å². The van der Waals surface area contributed by atoms with Gasteiger partial charge in [-0.2, -0.15) is 0 Å². The molecule has 6 aromatic heterocycles. The first-order valence-electron chi connectivity index (χ1n) is 19.2. The molecule has 0 amide bonds. The van der Waals surface area contributed by atoms with E-state index in [2.05, 4.69) is 208 Å². The number of rotatable bonds is 5. The first-order chi connectivity index (χ1) is 28.3. The van der Waals surface area contributed by atoms with Gasteiger partial charge in [0.15, 0.2) is 0 Å². The molecule has 0 unspecified atom stereocenters. The number of hydrogen-bond donors (Lipinski definition) is 0. The summed E-state index contributed by atoms with van der Waals surface area (Å²) in [6.45, 7) is 0. The van der Waals surface area contributed by atoms with Gasteiger partial charge < -0.3 is 4.57 Å². The second-order valence-corrected chi connectivity index (χ2v) is 14.5. The van der Waals surface area contributed by atoms with Gasteiger partial charge in [0.05, 0.1) is 61.6 Å². The minimum atomic E-state index is 0.760. The Bertz CT molecular complexity index is 3210. The molecular formula is C51H32N6. The Morgan fingerprint density at radius 1 is 0.246 bits per heavy atom. The summed E-state index contributed by atoms with van der Waals surface area (Å²) in [6, 6.07) is 68.1. The fourth-order valence-electron chi connectivity index (χ4n) is 8.83. The van der Waals surface area contributed by atoms with E-state index in [0.717, 1.165) is 73.2 Å². The van der Waals surface area contributed by atoms with Gasteiger partial charge in [0.1, 0.15) is 11.6 Å². The van der Waals surface area contributed by atoms with E-state index in [1.807, 2.05) is 0 Å². The van der Waals surface area contributed by atoms with Crippen molar-refractivity contribution in [3.8, 4) is 40.1 Å². The van der Waals surface area contributed by atoms with Crippen molar-refractivity contribution >= 4 is 65.4 Å². The summed E-state index contributed by atoms with van der Waals surface area (Å²) < 4.78 is 6.85. The molecule has 6 nitrogen and oxygen atoms in total. The molecule has 57 heavy (non-hydrogen) atoms. The lowest BCUT2D eigenvalue weighted by Crippen LogP contribution is -2.03. The molecule has 0 bridgehead atoms. The first-order valence-corrected chi connectivity index (χ1v) is 19.2. The number of nitrogens with zero attached hydrogens (tertiary/aromatic N) is 6. The lowest BCUT2D eigenvalue weighted by atomic mass is 10.1. The summed E-state index contributed by atoms with van der Waals surface area (Å²) in [5.74, 6) is 1.67. The average molecular weight is 729 g/mol. The van der Waals surface area contributed by atoms with Gasteiger partial charge in [-0.1, -0.05) is 121 Å². The molecule has 6 heterocycles. The fraction of sp³-hybridized carbons (Fsp3) is 0. The Labute approximate surface area is 327 Å². The molecule has 0 saturated heterocycles. The van der Waals surface area contributed by atoms with Gasteiger partial charge in [-0.25, -0.2) is 15.0 Å². The van der Waals surface area contributed by atoms with Crippen LogP contribution in [0.5, 0.6) is 0 Å². The number of aromatic nitrogens is 6. The fourth-order valence-corrected chi connectivity index (χ4v) is 8.83. The van der Waals surface area contributed by atoms with E-state index in [1.54, 1.807) is 0 Å². The maximum Gasteiger partial charge on any atom is 0.138 e. The van der Waals surface area contributed by atoms with Crippen LogP contribution in [0, 0.1) is 0 Å². The molecule has 6 aromatic carbocycles. The lowest BCUT2D eigenvalue weighted by Gasteiger charge is -2.14. The standard InChI is InChI=1S/C51H32N6/c1-7-23-44-34(15-1)35-16-2-8-24-45(35)55(44)33-31-42(40-21-13-29-50(53-40)56-46-25-9-3-17-36(46)37-18-4-10-26-47(37)56)52-43(32-33)41-22-14-30-51(54-41)57-48-27-11-5-19-38(48)39-20-6-12-28-49(39)57/h1-32H. The highest BCUT2D eigenvalue weighted by atomic mass is 15.1. The molecule has 0 radical (unpaired) electrons. The van der Waals surface area contributed by atoms with Crippen molar-refractivity contribution in [1.29, 1.82) is 0 Å². The van der Waals surface area contributed by atoms with E-state index in [9.17, 15) is 0 Å². The molecule has 12 rings (SSSR count). The summed E-state index contributed by atoms with van der Waals surface area (Å²) in [4.78, 5) is 16.1. The highest BCUT2D eigenvalue weighted by Gasteiger charge is 2.19. The highest BCUT2D eigenvalue weighted by molar-refractivity contribution is 6.11. The summed E-state index contributed by atoms with van der Waals surface area (Å²) >= 11 is 0. The smallest absolute Gasteiger partial charge is 0.138 e. The van der Waals surface area contributed by atoms with Crippen molar-refractivity contribution in [3.05, 3.63) is 194 Å². The van der Waals surface area contributed by atoms with Crippen molar-refractivity contribution in [2.75, 3.05) is 0 Å². The van der Waals surface area contributed by atoms with Crippen LogP contribution in [0.15, 0.2) is 194 Å². The van der Waals surface area contributed by atoms with Crippen LogP contribution in [0.1, 0.15) is 0 Å². The van der Waals surface area contributed by atoms with Crippen LogP contribution in [0.4, 0.5) is 0 Å². The third-order valence-electron chi connectivity index (χ3n) is 11.3. The average Bonchev–Trinajstić information content (AvgIpc) is 3.92. The zero-order valence-corrected chi connectivity index (χ0v) is 30.7. The third kappa shape index (κ3) is 4.81. The Hall–Kier alpha value is -7.83. The van der Waals surface area contributed by atoms with E-state index in [4.69, 9.17) is 15.0 Å². The molecular weight excluding hydrogens is 697 g/mol. The Kier molecular flexibility index (Phi) is 6.83. The van der Waals surface area contributed by atoms with Gasteiger partial charge in [-0.15, -0.1) is 0 Å². The van der Waals surface area contributed by atoms with Gasteiger partial charge in [0.25, 0.3) is 0 Å². The number of hydrogen-bond acceptors (Lipinski definition) is 3. The lowest BCUT2D eigenvalue weighted by molar-refractivity contribution is 1.06. The van der Waals surface area contributed by atoms with Gasteiger partial charge in [-0.05, 0) is 72.8 Å². The van der Waals surface area contributed by atoms with E-state index in [0.29, 0.717) is 0 Å². The maximum atomic E-state index is 5.38. The van der Waals surface area contributed by atoms with E-state index in [1.165, 1.54) is 32.3 Å². The Balaban J connectivity index is 1.10. The van der Waals surface area contributed by atoms with Crippen LogP contribution in [-0.4, -0.2) is 28.7 Å². The minimum absolute atomic E-state index is 0.760. The van der Waals surface area contributed by atoms with Crippen LogP contribution in [-0.2, 0) is 0 Å². The van der Waals surface area contributed by atoms with Crippen molar-refractivity contribution in [1.82, 2.24) is 28.7 Å². The molecule has 0 atom stereocenters. The van der Waals surface area contributed by atoms with E-state index < -0.39 is 0 Å². The largest absolute Gasteiger partial charge is 0.309 e. The molecule has 266 valence electrons. The number of para-hydroxylation sites is 6. The Morgan fingerprint density at radius 3 is 0.877 bits per heavy atom. The van der Waals surface area contributed by atoms with Crippen LogP contribution in [0.3, 0.4) is 0 Å². The minimum Gasteiger partial charge on any atom is -0.309 e. The second-order valence-electron chi connectivity index (χ2n) is 14.5. The first kappa shape index (κ1) is 31.5. The van der Waals surface area contributed by atoms with Gasteiger partial charge in [0, 0.05) is 32.3 Å². The van der Waals surface area contributed by atoms with Crippen LogP contribution in [0.2, 0.25) is 0 Å². The van der Waals surface area contributed by atoms with Crippen molar-refractivity contribution in [2.24, 2.45) is 0 Å². The monoisotopic (exact) mass is 728 g/mol. The molecule has 6 heteroatoms. The van der Waals surface area contributed by atoms with Gasteiger partial charge >= 0.3 is 0 Å². The number of benzene rings is 6. The quantitative estimate of drug-likeness (QED) is 0.177. The van der Waals surface area contributed by atoms with Gasteiger partial charge in [0.2, 0.25) is 0 Å². The molecule has 0 fully saturated rings. The molecule has 12 aromatic rings. The summed E-state index contributed by atoms with van der Waals surface area (Å²) in [7, 11) is 0. The molecule has 0 aliphatic heterocycles. The van der Waals surface area contributed by atoms with Crippen molar-refractivity contribution < 1.29 is 0 Å². The molecule has 0 aliphatic rings.